The van der Waals surface area contributed by atoms with Crippen LogP contribution in [0.25, 0.3) is 0 Å². The minimum atomic E-state index is -0.855. The zero-order chi connectivity index (χ0) is 15.0. The summed E-state index contributed by atoms with van der Waals surface area (Å²) in [6, 6.07) is 7.23. The number of carbonyl (C=O) groups is 2. The number of para-hydroxylation sites is 2. The van der Waals surface area contributed by atoms with Crippen LogP contribution in [0.15, 0.2) is 24.3 Å². The number of anilines is 1. The van der Waals surface area contributed by atoms with E-state index in [0.29, 0.717) is 23.8 Å². The van der Waals surface area contributed by atoms with E-state index < -0.39 is 5.97 Å². The average molecular weight is 297 g/mol. The fourth-order valence-corrected chi connectivity index (χ4v) is 2.34. The molecule has 0 heterocycles. The second kappa shape index (κ2) is 8.47. The summed E-state index contributed by atoms with van der Waals surface area (Å²) in [6.07, 6.45) is 0.0534. The smallest absolute Gasteiger partial charge is 0.304 e. The van der Waals surface area contributed by atoms with Crippen molar-refractivity contribution in [2.45, 2.75) is 25.5 Å². The Balaban J connectivity index is 2.54. The number of benzene rings is 1. The predicted molar refractivity (Wildman–Crippen MR) is 80.4 cm³/mol. The highest BCUT2D eigenvalue weighted by molar-refractivity contribution is 8.00. The summed E-state index contributed by atoms with van der Waals surface area (Å²) in [5.74, 6) is 0.0299. The predicted octanol–water partition coefficient (Wildman–Crippen LogP) is 2.62. The molecule has 0 aliphatic rings. The molecule has 0 bridgehead atoms. The van der Waals surface area contributed by atoms with Gasteiger partial charge in [-0.3, -0.25) is 9.59 Å². The van der Waals surface area contributed by atoms with E-state index in [1.54, 1.807) is 19.1 Å². The Morgan fingerprint density at radius 1 is 1.40 bits per heavy atom. The van der Waals surface area contributed by atoms with Crippen LogP contribution in [0.1, 0.15) is 20.3 Å². The molecule has 0 saturated heterocycles. The van der Waals surface area contributed by atoms with E-state index >= 15 is 0 Å². The van der Waals surface area contributed by atoms with E-state index in [-0.39, 0.29) is 17.6 Å². The number of carboxylic acids is 1. The van der Waals surface area contributed by atoms with Gasteiger partial charge in [-0.2, -0.15) is 0 Å². The lowest BCUT2D eigenvalue weighted by Crippen LogP contribution is -2.23. The van der Waals surface area contributed by atoms with E-state index in [4.69, 9.17) is 9.84 Å². The molecule has 0 fully saturated rings. The number of carbonyl (C=O) groups excluding carboxylic acids is 1. The van der Waals surface area contributed by atoms with Crippen LogP contribution in [0.3, 0.4) is 0 Å². The molecule has 1 unspecified atom stereocenters. The van der Waals surface area contributed by atoms with Gasteiger partial charge in [-0.05, 0) is 26.0 Å². The number of amides is 1. The van der Waals surface area contributed by atoms with E-state index in [1.807, 2.05) is 19.1 Å². The fraction of sp³-hybridized carbons (Fsp3) is 0.429. The highest BCUT2D eigenvalue weighted by Crippen LogP contribution is 2.24. The first kappa shape index (κ1) is 16.4. The second-order valence-electron chi connectivity index (χ2n) is 4.08. The van der Waals surface area contributed by atoms with Crippen LogP contribution >= 0.6 is 11.8 Å². The van der Waals surface area contributed by atoms with Crippen LogP contribution < -0.4 is 10.1 Å². The molecule has 1 atom stereocenters. The standard InChI is InChI=1S/C14H19NO4S/c1-3-19-12-7-5-4-6-11(12)15-14(18)10(2)20-9-8-13(16)17/h4-7,10H,3,8-9H2,1-2H3,(H,15,18)(H,16,17). The molecule has 2 N–H and O–H groups in total. The van der Waals surface area contributed by atoms with Gasteiger partial charge in [-0.25, -0.2) is 0 Å². The average Bonchev–Trinajstić information content (AvgIpc) is 2.40. The minimum Gasteiger partial charge on any atom is -0.492 e. The molecule has 0 aromatic heterocycles. The van der Waals surface area contributed by atoms with Crippen LogP contribution in [-0.2, 0) is 9.59 Å². The lowest BCUT2D eigenvalue weighted by atomic mass is 10.3. The summed E-state index contributed by atoms with van der Waals surface area (Å²) in [5.41, 5.74) is 0.630. The summed E-state index contributed by atoms with van der Waals surface area (Å²) in [4.78, 5) is 22.4. The summed E-state index contributed by atoms with van der Waals surface area (Å²) >= 11 is 1.32. The first-order chi connectivity index (χ1) is 9.54. The number of aliphatic carboxylic acids is 1. The molecule has 0 radical (unpaired) electrons. The zero-order valence-corrected chi connectivity index (χ0v) is 12.4. The molecule has 1 aromatic carbocycles. The SMILES string of the molecule is CCOc1ccccc1NC(=O)C(C)SCCC(=O)O. The first-order valence-corrected chi connectivity index (χ1v) is 7.45. The third-order valence-electron chi connectivity index (χ3n) is 2.50. The molecule has 1 rings (SSSR count). The highest BCUT2D eigenvalue weighted by Gasteiger charge is 2.15. The van der Waals surface area contributed by atoms with Gasteiger partial charge in [0.2, 0.25) is 5.91 Å². The maximum absolute atomic E-state index is 12.0. The maximum Gasteiger partial charge on any atom is 0.304 e. The van der Waals surface area contributed by atoms with E-state index in [9.17, 15) is 9.59 Å². The number of ether oxygens (including phenoxy) is 1. The van der Waals surface area contributed by atoms with E-state index in [1.165, 1.54) is 11.8 Å². The van der Waals surface area contributed by atoms with Crippen LogP contribution in [0.5, 0.6) is 5.75 Å². The Kier molecular flexibility index (Phi) is 6.93. The number of carboxylic acid groups (broad SMARTS) is 1. The molecule has 1 amide bonds. The Morgan fingerprint density at radius 2 is 2.10 bits per heavy atom. The topological polar surface area (TPSA) is 75.6 Å². The van der Waals surface area contributed by atoms with Gasteiger partial charge < -0.3 is 15.2 Å². The molecule has 1 aromatic rings. The van der Waals surface area contributed by atoms with Crippen LogP contribution in [0.2, 0.25) is 0 Å². The Morgan fingerprint density at radius 3 is 2.75 bits per heavy atom. The lowest BCUT2D eigenvalue weighted by molar-refractivity contribution is -0.136. The number of thioether (sulfide) groups is 1. The zero-order valence-electron chi connectivity index (χ0n) is 11.6. The van der Waals surface area contributed by atoms with Gasteiger partial charge in [0.15, 0.2) is 0 Å². The van der Waals surface area contributed by atoms with Gasteiger partial charge in [-0.15, -0.1) is 11.8 Å². The van der Waals surface area contributed by atoms with Crippen LogP contribution in [0, 0.1) is 0 Å². The van der Waals surface area contributed by atoms with Crippen molar-refractivity contribution in [3.8, 4) is 5.75 Å². The van der Waals surface area contributed by atoms with Crippen LogP contribution in [-0.4, -0.2) is 34.6 Å². The van der Waals surface area contributed by atoms with Crippen molar-refractivity contribution in [1.29, 1.82) is 0 Å². The lowest BCUT2D eigenvalue weighted by Gasteiger charge is -2.14. The van der Waals surface area contributed by atoms with Gasteiger partial charge in [-0.1, -0.05) is 12.1 Å². The number of hydrogen-bond donors (Lipinski definition) is 2. The Bertz CT molecular complexity index is 464. The molecular weight excluding hydrogens is 278 g/mol. The highest BCUT2D eigenvalue weighted by atomic mass is 32.2. The van der Waals surface area contributed by atoms with Gasteiger partial charge in [0.05, 0.1) is 24.0 Å². The van der Waals surface area contributed by atoms with Gasteiger partial charge in [0.25, 0.3) is 0 Å². The summed E-state index contributed by atoms with van der Waals surface area (Å²) in [5, 5.41) is 11.1. The van der Waals surface area contributed by atoms with Crippen LogP contribution in [0.4, 0.5) is 5.69 Å². The molecule has 6 heteroatoms. The van der Waals surface area contributed by atoms with Crippen molar-refractivity contribution >= 4 is 29.3 Å². The molecule has 110 valence electrons. The third kappa shape index (κ3) is 5.52. The molecule has 0 aliphatic heterocycles. The van der Waals surface area contributed by atoms with E-state index in [0.717, 1.165) is 0 Å². The number of hydrogen-bond acceptors (Lipinski definition) is 4. The minimum absolute atomic E-state index is 0.0534. The number of nitrogens with one attached hydrogen (secondary N) is 1. The normalized spacial score (nSPS) is 11.7. The van der Waals surface area contributed by atoms with Crippen molar-refractivity contribution in [3.63, 3.8) is 0 Å². The summed E-state index contributed by atoms with van der Waals surface area (Å²) in [6.45, 7) is 4.16. The van der Waals surface area contributed by atoms with Crippen molar-refractivity contribution in [2.75, 3.05) is 17.7 Å². The molecule has 5 nitrogen and oxygen atoms in total. The molecule has 0 spiro atoms. The monoisotopic (exact) mass is 297 g/mol. The largest absolute Gasteiger partial charge is 0.492 e. The molecule has 0 aliphatic carbocycles. The summed E-state index contributed by atoms with van der Waals surface area (Å²) in [7, 11) is 0. The maximum atomic E-state index is 12.0. The van der Waals surface area contributed by atoms with Crippen molar-refractivity contribution in [3.05, 3.63) is 24.3 Å². The van der Waals surface area contributed by atoms with Crippen molar-refractivity contribution in [2.24, 2.45) is 0 Å². The van der Waals surface area contributed by atoms with Crippen molar-refractivity contribution in [1.82, 2.24) is 0 Å². The Labute approximate surface area is 122 Å². The van der Waals surface area contributed by atoms with Crippen molar-refractivity contribution < 1.29 is 19.4 Å². The fourth-order valence-electron chi connectivity index (χ4n) is 1.48. The molecule has 0 saturated carbocycles. The molecular formula is C14H19NO4S. The molecule has 20 heavy (non-hydrogen) atoms. The third-order valence-corrected chi connectivity index (χ3v) is 3.65. The van der Waals surface area contributed by atoms with Gasteiger partial charge in [0, 0.05) is 5.75 Å². The van der Waals surface area contributed by atoms with Gasteiger partial charge >= 0.3 is 5.97 Å². The van der Waals surface area contributed by atoms with Gasteiger partial charge in [0.1, 0.15) is 5.75 Å². The first-order valence-electron chi connectivity index (χ1n) is 6.40. The summed E-state index contributed by atoms with van der Waals surface area (Å²) < 4.78 is 5.43. The van der Waals surface area contributed by atoms with E-state index in [2.05, 4.69) is 5.32 Å². The Hall–Kier alpha value is -1.69. The second-order valence-corrected chi connectivity index (χ2v) is 5.52. The quantitative estimate of drug-likeness (QED) is 0.771. The number of rotatable bonds is 8.